The van der Waals surface area contributed by atoms with Crippen LogP contribution in [0.15, 0.2) is 72.8 Å². The van der Waals surface area contributed by atoms with Crippen LogP contribution in [0.5, 0.6) is 5.75 Å². The Morgan fingerprint density at radius 3 is 2.48 bits per heavy atom. The molecule has 3 fully saturated rings. The van der Waals surface area contributed by atoms with Crippen LogP contribution in [-0.4, -0.2) is 76.6 Å². The number of halogens is 2. The molecule has 282 valence electrons. The van der Waals surface area contributed by atoms with Crippen LogP contribution in [0.25, 0.3) is 0 Å². The smallest absolute Gasteiger partial charge is 0.219 e. The first-order valence-corrected chi connectivity index (χ1v) is 19.4. The minimum absolute atomic E-state index is 0.129. The highest BCUT2D eigenvalue weighted by molar-refractivity contribution is 6.35. The molecule has 0 bridgehead atoms. The zero-order valence-corrected chi connectivity index (χ0v) is 32.7. The van der Waals surface area contributed by atoms with Crippen LogP contribution in [0.4, 0.5) is 5.69 Å². The number of fused-ring (bicyclic) bond motifs is 1. The highest BCUT2D eigenvalue weighted by Crippen LogP contribution is 2.51. The molecule has 11 heteroatoms. The van der Waals surface area contributed by atoms with Gasteiger partial charge in [0.05, 0.1) is 30.1 Å². The van der Waals surface area contributed by atoms with Crippen molar-refractivity contribution in [2.24, 2.45) is 17.3 Å². The van der Waals surface area contributed by atoms with Crippen LogP contribution in [0.3, 0.4) is 0 Å². The first kappa shape index (κ1) is 38.6. The number of carbonyl (C=O) groups excluding carboxylic acids is 1. The average molecular weight is 754 g/mol. The summed E-state index contributed by atoms with van der Waals surface area (Å²) in [6.07, 6.45) is 13.2. The van der Waals surface area contributed by atoms with Gasteiger partial charge in [-0.15, -0.1) is 0 Å². The number of ether oxygens (including phenoxy) is 3. The Morgan fingerprint density at radius 1 is 1.06 bits per heavy atom. The van der Waals surface area contributed by atoms with E-state index in [2.05, 4.69) is 43.7 Å². The second-order valence-corrected chi connectivity index (χ2v) is 16.7. The van der Waals surface area contributed by atoms with Crippen molar-refractivity contribution in [1.29, 1.82) is 0 Å². The van der Waals surface area contributed by atoms with Crippen molar-refractivity contribution in [3.8, 4) is 5.75 Å². The number of aliphatic hydroxyl groups is 1. The molecule has 3 heterocycles. The van der Waals surface area contributed by atoms with E-state index in [4.69, 9.17) is 37.4 Å². The highest BCUT2D eigenvalue weighted by Gasteiger charge is 2.47. The van der Waals surface area contributed by atoms with Gasteiger partial charge in [0, 0.05) is 61.8 Å². The van der Waals surface area contributed by atoms with Gasteiger partial charge in [0.15, 0.2) is 0 Å². The minimum atomic E-state index is -1.08. The Balaban J connectivity index is 0.000000242. The van der Waals surface area contributed by atoms with Crippen molar-refractivity contribution in [1.82, 2.24) is 14.5 Å². The standard InChI is InChI=1S/C26H28Cl2N4O4.C15H26O/c1-19(33)31-10-12-32(13-11-31)21-3-5-22(6-4-21)34-15-23-16-35-26(36-23,17-30-9-8-29-18-30)24-7-2-20(27)14-25(24)28;1-11-6-7-12-13(10-11)14(2,3)8-5-9-15(12,4)16/h2-9,14,18,23H,10-13,15-17H2,1H3;10,12-13,16H,5-9H2,1-4H3/t23-,26-;12-,13+,15-/m01/s1. The summed E-state index contributed by atoms with van der Waals surface area (Å²) in [5, 5.41) is 11.7. The van der Waals surface area contributed by atoms with Gasteiger partial charge >= 0.3 is 0 Å². The summed E-state index contributed by atoms with van der Waals surface area (Å²) < 4.78 is 20.6. The van der Waals surface area contributed by atoms with E-state index in [9.17, 15) is 9.90 Å². The molecule has 2 aliphatic carbocycles. The quantitative estimate of drug-likeness (QED) is 0.244. The third kappa shape index (κ3) is 8.99. The Bertz CT molecular complexity index is 1690. The van der Waals surface area contributed by atoms with E-state index in [-0.39, 0.29) is 12.0 Å². The fourth-order valence-electron chi connectivity index (χ4n) is 8.39. The zero-order chi connectivity index (χ0) is 37.1. The lowest BCUT2D eigenvalue weighted by Gasteiger charge is -2.44. The second kappa shape index (κ2) is 16.1. The Hall–Kier alpha value is -3.08. The summed E-state index contributed by atoms with van der Waals surface area (Å²) in [6.45, 7) is 14.9. The van der Waals surface area contributed by atoms with Gasteiger partial charge in [-0.1, -0.05) is 61.2 Å². The Morgan fingerprint density at radius 2 is 1.81 bits per heavy atom. The number of rotatable bonds is 7. The van der Waals surface area contributed by atoms with E-state index in [1.165, 1.54) is 31.3 Å². The van der Waals surface area contributed by atoms with Crippen molar-refractivity contribution in [2.45, 2.75) is 90.8 Å². The van der Waals surface area contributed by atoms with Crippen molar-refractivity contribution >= 4 is 34.8 Å². The van der Waals surface area contributed by atoms with Crippen molar-refractivity contribution in [3.05, 3.63) is 88.4 Å². The average Bonchev–Trinajstić information content (AvgIpc) is 3.76. The van der Waals surface area contributed by atoms with Gasteiger partial charge in [-0.25, -0.2) is 4.98 Å². The molecule has 52 heavy (non-hydrogen) atoms. The number of hydrogen-bond donors (Lipinski definition) is 1. The molecule has 2 saturated heterocycles. The predicted octanol–water partition coefficient (Wildman–Crippen LogP) is 8.13. The van der Waals surface area contributed by atoms with Crippen LogP contribution < -0.4 is 9.64 Å². The predicted molar refractivity (Wildman–Crippen MR) is 206 cm³/mol. The molecule has 1 saturated carbocycles. The van der Waals surface area contributed by atoms with E-state index >= 15 is 0 Å². The fourth-order valence-corrected chi connectivity index (χ4v) is 8.94. The van der Waals surface area contributed by atoms with Crippen molar-refractivity contribution < 1.29 is 24.1 Å². The maximum atomic E-state index is 11.6. The topological polar surface area (TPSA) is 89.3 Å². The van der Waals surface area contributed by atoms with Gasteiger partial charge in [-0.05, 0) is 93.2 Å². The molecular formula is C41H54Cl2N4O5. The summed E-state index contributed by atoms with van der Waals surface area (Å²) in [6, 6.07) is 13.3. The van der Waals surface area contributed by atoms with Crippen LogP contribution >= 0.6 is 23.2 Å². The summed E-state index contributed by atoms with van der Waals surface area (Å²) in [7, 11) is 0. The number of imidazole rings is 1. The lowest BCUT2D eigenvalue weighted by atomic mass is 9.63. The first-order valence-electron chi connectivity index (χ1n) is 18.6. The van der Waals surface area contributed by atoms with Gasteiger partial charge in [-0.3, -0.25) is 4.79 Å². The highest BCUT2D eigenvalue weighted by atomic mass is 35.5. The Labute approximate surface area is 318 Å². The summed E-state index contributed by atoms with van der Waals surface area (Å²) in [5.74, 6) is 0.833. The lowest BCUT2D eigenvalue weighted by molar-refractivity contribution is -0.189. The number of hydrogen-bond acceptors (Lipinski definition) is 7. The number of piperazine rings is 1. The van der Waals surface area contributed by atoms with E-state index < -0.39 is 11.4 Å². The molecule has 0 radical (unpaired) electrons. The normalized spacial score (nSPS) is 28.6. The number of anilines is 1. The van der Waals surface area contributed by atoms with Crippen LogP contribution in [-0.2, 0) is 26.6 Å². The maximum Gasteiger partial charge on any atom is 0.219 e. The molecule has 5 atom stereocenters. The monoisotopic (exact) mass is 752 g/mol. The molecule has 2 aromatic carbocycles. The number of carbonyl (C=O) groups is 1. The molecule has 1 aromatic heterocycles. The third-order valence-electron chi connectivity index (χ3n) is 11.5. The van der Waals surface area contributed by atoms with Crippen LogP contribution in [0, 0.1) is 17.3 Å². The number of allylic oxidation sites excluding steroid dienone is 2. The molecule has 7 rings (SSSR count). The SMILES string of the molecule is CC(=O)N1CCN(c2ccc(OC[C@H]3CO[C@](Cn4ccnc4)(c4ccc(Cl)cc4Cl)O3)cc2)CC1.CC1=C[C@H]2[C@@H](CC1)[C@](C)(O)CCCC2(C)C. The zero-order valence-electron chi connectivity index (χ0n) is 31.2. The van der Waals surface area contributed by atoms with Gasteiger partial charge in [0.2, 0.25) is 11.7 Å². The lowest BCUT2D eigenvalue weighted by Crippen LogP contribution is -2.48. The van der Waals surface area contributed by atoms with Crippen molar-refractivity contribution in [2.75, 3.05) is 44.3 Å². The number of benzene rings is 2. The summed E-state index contributed by atoms with van der Waals surface area (Å²) in [5.41, 5.74) is 3.25. The van der Waals surface area contributed by atoms with Gasteiger partial charge in [0.25, 0.3) is 0 Å². The van der Waals surface area contributed by atoms with E-state index in [0.29, 0.717) is 52.6 Å². The molecule has 1 N–H and O–H groups in total. The van der Waals surface area contributed by atoms with E-state index in [0.717, 1.165) is 44.0 Å². The van der Waals surface area contributed by atoms with Gasteiger partial charge in [-0.2, -0.15) is 0 Å². The molecule has 1 amide bonds. The largest absolute Gasteiger partial charge is 0.491 e. The van der Waals surface area contributed by atoms with E-state index in [1.54, 1.807) is 31.6 Å². The first-order chi connectivity index (χ1) is 24.7. The van der Waals surface area contributed by atoms with Gasteiger partial charge in [0.1, 0.15) is 18.5 Å². The van der Waals surface area contributed by atoms with Crippen LogP contribution in [0.2, 0.25) is 10.0 Å². The summed E-state index contributed by atoms with van der Waals surface area (Å²) in [4.78, 5) is 19.8. The Kier molecular flexibility index (Phi) is 12.0. The van der Waals surface area contributed by atoms with E-state index in [1.807, 2.05) is 46.0 Å². The molecule has 3 aromatic rings. The molecule has 2 aliphatic heterocycles. The number of aromatic nitrogens is 2. The minimum Gasteiger partial charge on any atom is -0.491 e. The molecule has 0 spiro atoms. The summed E-state index contributed by atoms with van der Waals surface area (Å²) >= 11 is 12.7. The van der Waals surface area contributed by atoms with Crippen molar-refractivity contribution in [3.63, 3.8) is 0 Å². The molecule has 4 aliphatic rings. The van der Waals surface area contributed by atoms with Crippen LogP contribution in [0.1, 0.15) is 72.3 Å². The molecule has 9 nitrogen and oxygen atoms in total. The number of nitrogens with zero attached hydrogens (tertiary/aromatic N) is 4. The molecule has 0 unspecified atom stereocenters. The second-order valence-electron chi connectivity index (χ2n) is 15.8. The molecular weight excluding hydrogens is 699 g/mol. The van der Waals surface area contributed by atoms with Gasteiger partial charge < -0.3 is 33.7 Å². The fraction of sp³-hybridized carbons (Fsp3) is 0.561. The number of amides is 1. The maximum absolute atomic E-state index is 11.6. The third-order valence-corrected chi connectivity index (χ3v) is 12.0.